The van der Waals surface area contributed by atoms with Crippen molar-refractivity contribution in [3.63, 3.8) is 0 Å². The first-order chi connectivity index (χ1) is 15.2. The highest BCUT2D eigenvalue weighted by atomic mass is 32.2. The van der Waals surface area contributed by atoms with E-state index >= 15 is 0 Å². The standard InChI is InChI=1S/C23H22F3N3O2S/c1-15-9-11-29(19-13-17(23(24,25)26)5-8-20(19)32-15)22(30)16-3-6-18(7-4-16)31-14-21-27-10-12-28(21)2/h3-8,10,12-13,15H,9,11,14H2,1-2H3. The van der Waals surface area contributed by atoms with Crippen molar-refractivity contribution in [1.82, 2.24) is 9.55 Å². The second-order valence-corrected chi connectivity index (χ2v) is 9.10. The molecule has 1 aliphatic rings. The Morgan fingerprint density at radius 1 is 1.22 bits per heavy atom. The molecule has 32 heavy (non-hydrogen) atoms. The van der Waals surface area contributed by atoms with Crippen LogP contribution in [0.5, 0.6) is 5.75 Å². The van der Waals surface area contributed by atoms with E-state index in [0.29, 0.717) is 34.9 Å². The molecule has 1 amide bonds. The molecule has 4 rings (SSSR count). The van der Waals surface area contributed by atoms with Gasteiger partial charge in [0.15, 0.2) is 0 Å². The number of rotatable bonds is 4. The number of carbonyl (C=O) groups is 1. The van der Waals surface area contributed by atoms with Gasteiger partial charge in [-0.25, -0.2) is 4.98 Å². The Bertz CT molecular complexity index is 1110. The average Bonchev–Trinajstić information content (AvgIpc) is 3.09. The molecule has 1 unspecified atom stereocenters. The SMILES string of the molecule is CC1CCN(C(=O)c2ccc(OCc3nccn3C)cc2)c2cc(C(F)(F)F)ccc2S1. The molecule has 5 nitrogen and oxygen atoms in total. The first kappa shape index (κ1) is 22.3. The topological polar surface area (TPSA) is 47.4 Å². The summed E-state index contributed by atoms with van der Waals surface area (Å²) >= 11 is 1.49. The van der Waals surface area contributed by atoms with Crippen LogP contribution in [0.25, 0.3) is 0 Å². The van der Waals surface area contributed by atoms with Crippen LogP contribution in [0.1, 0.15) is 35.1 Å². The van der Waals surface area contributed by atoms with Crippen molar-refractivity contribution in [3.8, 4) is 5.75 Å². The Kier molecular flexibility index (Phi) is 6.19. The van der Waals surface area contributed by atoms with E-state index in [9.17, 15) is 18.0 Å². The number of carbonyl (C=O) groups excluding carboxylic acids is 1. The van der Waals surface area contributed by atoms with Crippen LogP contribution in [0.4, 0.5) is 18.9 Å². The fraction of sp³-hybridized carbons (Fsp3) is 0.304. The highest BCUT2D eigenvalue weighted by Gasteiger charge is 2.33. The number of halogens is 3. The van der Waals surface area contributed by atoms with Crippen molar-refractivity contribution < 1.29 is 22.7 Å². The maximum atomic E-state index is 13.3. The Morgan fingerprint density at radius 3 is 2.62 bits per heavy atom. The van der Waals surface area contributed by atoms with Gasteiger partial charge in [0, 0.05) is 41.7 Å². The molecule has 0 bridgehead atoms. The number of hydrogen-bond donors (Lipinski definition) is 0. The molecule has 1 aromatic heterocycles. The predicted molar refractivity (Wildman–Crippen MR) is 117 cm³/mol. The summed E-state index contributed by atoms with van der Waals surface area (Å²) in [4.78, 5) is 19.6. The highest BCUT2D eigenvalue weighted by Crippen LogP contribution is 2.41. The molecule has 1 atom stereocenters. The number of anilines is 1. The second-order valence-electron chi connectivity index (χ2n) is 7.62. The van der Waals surface area contributed by atoms with Crippen LogP contribution in [0.2, 0.25) is 0 Å². The molecule has 2 aromatic carbocycles. The summed E-state index contributed by atoms with van der Waals surface area (Å²) in [6, 6.07) is 10.2. The molecular formula is C23H22F3N3O2S. The third kappa shape index (κ3) is 4.77. The summed E-state index contributed by atoms with van der Waals surface area (Å²) in [5.74, 6) is 0.999. The molecule has 0 N–H and O–H groups in total. The van der Waals surface area contributed by atoms with E-state index in [-0.39, 0.29) is 17.8 Å². The largest absolute Gasteiger partial charge is 0.486 e. The van der Waals surface area contributed by atoms with Gasteiger partial charge in [-0.15, -0.1) is 11.8 Å². The first-order valence-electron chi connectivity index (χ1n) is 10.1. The van der Waals surface area contributed by atoms with Gasteiger partial charge in [-0.1, -0.05) is 6.92 Å². The van der Waals surface area contributed by atoms with E-state index in [1.54, 1.807) is 30.5 Å². The molecule has 168 valence electrons. The van der Waals surface area contributed by atoms with E-state index < -0.39 is 11.7 Å². The third-order valence-corrected chi connectivity index (χ3v) is 6.54. The van der Waals surface area contributed by atoms with Crippen LogP contribution < -0.4 is 9.64 Å². The van der Waals surface area contributed by atoms with Gasteiger partial charge in [0.05, 0.1) is 11.3 Å². The minimum atomic E-state index is -4.47. The summed E-state index contributed by atoms with van der Waals surface area (Å²) in [5.41, 5.74) is -0.0752. The number of thioether (sulfide) groups is 1. The van der Waals surface area contributed by atoms with Crippen LogP contribution in [-0.2, 0) is 19.8 Å². The van der Waals surface area contributed by atoms with Crippen LogP contribution in [-0.4, -0.2) is 27.3 Å². The van der Waals surface area contributed by atoms with Gasteiger partial charge in [-0.2, -0.15) is 13.2 Å². The van der Waals surface area contributed by atoms with Crippen molar-refractivity contribution in [1.29, 1.82) is 0 Å². The molecular weight excluding hydrogens is 439 g/mol. The van der Waals surface area contributed by atoms with Crippen LogP contribution in [0, 0.1) is 0 Å². The number of aryl methyl sites for hydroxylation is 1. The molecule has 9 heteroatoms. The molecule has 0 fully saturated rings. The third-order valence-electron chi connectivity index (χ3n) is 5.30. The van der Waals surface area contributed by atoms with E-state index in [1.807, 2.05) is 24.7 Å². The number of aromatic nitrogens is 2. The Labute approximate surface area is 188 Å². The molecule has 0 spiro atoms. The zero-order valence-corrected chi connectivity index (χ0v) is 18.4. The summed E-state index contributed by atoms with van der Waals surface area (Å²) < 4.78 is 47.5. The van der Waals surface area contributed by atoms with E-state index in [1.165, 1.54) is 22.7 Å². The number of nitrogens with zero attached hydrogens (tertiary/aromatic N) is 3. The smallest absolute Gasteiger partial charge is 0.416 e. The summed E-state index contributed by atoms with van der Waals surface area (Å²) in [6.45, 7) is 2.64. The lowest BCUT2D eigenvalue weighted by molar-refractivity contribution is -0.137. The highest BCUT2D eigenvalue weighted by molar-refractivity contribution is 8.00. The fourth-order valence-corrected chi connectivity index (χ4v) is 4.55. The number of amides is 1. The van der Waals surface area contributed by atoms with Gasteiger partial charge in [0.25, 0.3) is 5.91 Å². The lowest BCUT2D eigenvalue weighted by Gasteiger charge is -2.24. The summed E-state index contributed by atoms with van der Waals surface area (Å²) in [7, 11) is 1.87. The Hall–Kier alpha value is -2.94. The first-order valence-corrected chi connectivity index (χ1v) is 11.0. The summed E-state index contributed by atoms with van der Waals surface area (Å²) in [5, 5.41) is 0.185. The maximum absolute atomic E-state index is 13.3. The van der Waals surface area contributed by atoms with Crippen molar-refractivity contribution in [3.05, 3.63) is 71.8 Å². The van der Waals surface area contributed by atoms with Crippen LogP contribution in [0.15, 0.2) is 59.8 Å². The molecule has 0 radical (unpaired) electrons. The van der Waals surface area contributed by atoms with Gasteiger partial charge in [0.2, 0.25) is 0 Å². The summed E-state index contributed by atoms with van der Waals surface area (Å²) in [6.07, 6.45) is -0.290. The lowest BCUT2D eigenvalue weighted by Crippen LogP contribution is -2.32. The van der Waals surface area contributed by atoms with E-state index in [2.05, 4.69) is 4.98 Å². The van der Waals surface area contributed by atoms with Gasteiger partial charge in [0.1, 0.15) is 18.2 Å². The molecule has 2 heterocycles. The van der Waals surface area contributed by atoms with Crippen LogP contribution in [0.3, 0.4) is 0 Å². The Morgan fingerprint density at radius 2 is 1.97 bits per heavy atom. The van der Waals surface area contributed by atoms with Crippen molar-refractivity contribution >= 4 is 23.4 Å². The molecule has 0 aliphatic carbocycles. The minimum Gasteiger partial charge on any atom is -0.486 e. The predicted octanol–water partition coefficient (Wildman–Crippen LogP) is 5.55. The van der Waals surface area contributed by atoms with Gasteiger partial charge in [-0.3, -0.25) is 4.79 Å². The zero-order chi connectivity index (χ0) is 22.9. The molecule has 3 aromatic rings. The Balaban J connectivity index is 1.56. The van der Waals surface area contributed by atoms with Crippen molar-refractivity contribution in [2.75, 3.05) is 11.4 Å². The maximum Gasteiger partial charge on any atom is 0.416 e. The average molecular weight is 462 g/mol. The number of imidazole rings is 1. The number of hydrogen-bond acceptors (Lipinski definition) is 4. The van der Waals surface area contributed by atoms with Crippen molar-refractivity contribution in [2.45, 2.75) is 36.3 Å². The van der Waals surface area contributed by atoms with Gasteiger partial charge in [-0.05, 0) is 48.9 Å². The minimum absolute atomic E-state index is 0.185. The van der Waals surface area contributed by atoms with Gasteiger partial charge < -0.3 is 14.2 Å². The number of benzene rings is 2. The zero-order valence-electron chi connectivity index (χ0n) is 17.6. The lowest BCUT2D eigenvalue weighted by atomic mass is 10.1. The normalized spacial score (nSPS) is 16.4. The van der Waals surface area contributed by atoms with E-state index in [4.69, 9.17) is 4.74 Å². The second kappa shape index (κ2) is 8.90. The van der Waals surface area contributed by atoms with Crippen LogP contribution >= 0.6 is 11.8 Å². The molecule has 1 aliphatic heterocycles. The van der Waals surface area contributed by atoms with Gasteiger partial charge >= 0.3 is 6.18 Å². The molecule has 0 saturated heterocycles. The number of fused-ring (bicyclic) bond motifs is 1. The number of alkyl halides is 3. The van der Waals surface area contributed by atoms with E-state index in [0.717, 1.165) is 18.0 Å². The fourth-order valence-electron chi connectivity index (χ4n) is 3.46. The molecule has 0 saturated carbocycles. The quantitative estimate of drug-likeness (QED) is 0.511. The monoisotopic (exact) mass is 461 g/mol. The van der Waals surface area contributed by atoms with Crippen molar-refractivity contribution in [2.24, 2.45) is 7.05 Å². The number of ether oxygens (including phenoxy) is 1.